The lowest BCUT2D eigenvalue weighted by Crippen LogP contribution is -2.18. The van der Waals surface area contributed by atoms with Crippen LogP contribution in [0.3, 0.4) is 0 Å². The van der Waals surface area contributed by atoms with E-state index in [1.807, 2.05) is 0 Å². The first kappa shape index (κ1) is 27.6. The molecule has 2 fully saturated rings. The van der Waals surface area contributed by atoms with Gasteiger partial charge in [-0.25, -0.2) is 13.2 Å². The van der Waals surface area contributed by atoms with Crippen molar-refractivity contribution >= 4 is 11.6 Å². The minimum Gasteiger partial charge on any atom is -0.207 e. The summed E-state index contributed by atoms with van der Waals surface area (Å²) in [5, 5.41) is 0.0557. The molecule has 2 saturated carbocycles. The Kier molecular flexibility index (Phi) is 10.2. The molecule has 0 unspecified atom stereocenters. The molecule has 36 heavy (non-hydrogen) atoms. The highest BCUT2D eigenvalue weighted by Gasteiger charge is 2.26. The fourth-order valence-corrected chi connectivity index (χ4v) is 6.74. The van der Waals surface area contributed by atoms with Crippen LogP contribution < -0.4 is 0 Å². The van der Waals surface area contributed by atoms with Crippen LogP contribution in [0, 0.1) is 35.2 Å². The van der Waals surface area contributed by atoms with E-state index in [2.05, 4.69) is 6.92 Å². The van der Waals surface area contributed by atoms with Crippen molar-refractivity contribution in [1.82, 2.24) is 0 Å². The van der Waals surface area contributed by atoms with Crippen LogP contribution in [-0.4, -0.2) is 0 Å². The second-order valence-corrected chi connectivity index (χ2v) is 11.9. The Labute approximate surface area is 221 Å². The first-order valence-corrected chi connectivity index (χ1v) is 14.7. The minimum atomic E-state index is -0.504. The minimum absolute atomic E-state index is 0.0557. The van der Waals surface area contributed by atoms with E-state index in [9.17, 15) is 13.2 Å². The lowest BCUT2D eigenvalue weighted by Gasteiger charge is -2.32. The predicted molar refractivity (Wildman–Crippen MR) is 144 cm³/mol. The van der Waals surface area contributed by atoms with Gasteiger partial charge in [-0.3, -0.25) is 0 Å². The van der Waals surface area contributed by atoms with Gasteiger partial charge < -0.3 is 0 Å². The molecular formula is C32H42ClF3. The molecule has 0 N–H and O–H groups in total. The summed E-state index contributed by atoms with van der Waals surface area (Å²) in [6.07, 6.45) is 17.5. The topological polar surface area (TPSA) is 0 Å². The summed E-state index contributed by atoms with van der Waals surface area (Å²) in [6.45, 7) is 2.29. The molecule has 0 spiro atoms. The molecule has 4 rings (SSSR count). The Hall–Kier alpha value is -1.48. The number of hydrogen-bond acceptors (Lipinski definition) is 0. The molecule has 0 nitrogen and oxygen atoms in total. The van der Waals surface area contributed by atoms with E-state index < -0.39 is 17.5 Å². The highest BCUT2D eigenvalue weighted by molar-refractivity contribution is 6.30. The van der Waals surface area contributed by atoms with Gasteiger partial charge in [-0.2, -0.15) is 0 Å². The maximum absolute atomic E-state index is 14.9. The highest BCUT2D eigenvalue weighted by atomic mass is 35.5. The van der Waals surface area contributed by atoms with Gasteiger partial charge in [0.05, 0.1) is 5.02 Å². The van der Waals surface area contributed by atoms with Gasteiger partial charge in [0.1, 0.15) is 17.5 Å². The van der Waals surface area contributed by atoms with Gasteiger partial charge in [0, 0.05) is 5.56 Å². The molecular weight excluding hydrogens is 477 g/mol. The van der Waals surface area contributed by atoms with Crippen molar-refractivity contribution in [2.45, 2.75) is 109 Å². The second-order valence-electron chi connectivity index (χ2n) is 11.5. The molecule has 4 heteroatoms. The Morgan fingerprint density at radius 3 is 1.81 bits per heavy atom. The summed E-state index contributed by atoms with van der Waals surface area (Å²) in [7, 11) is 0. The number of halogens is 4. The van der Waals surface area contributed by atoms with E-state index in [1.165, 1.54) is 82.8 Å². The summed E-state index contributed by atoms with van der Waals surface area (Å²) in [5.41, 5.74) is 1.57. The van der Waals surface area contributed by atoms with E-state index in [1.54, 1.807) is 18.2 Å². The monoisotopic (exact) mass is 518 g/mol. The smallest absolute Gasteiger partial charge is 0.142 e. The third kappa shape index (κ3) is 7.53. The van der Waals surface area contributed by atoms with E-state index in [-0.39, 0.29) is 22.9 Å². The van der Waals surface area contributed by atoms with E-state index in [4.69, 9.17) is 11.6 Å². The molecule has 2 aromatic rings. The maximum atomic E-state index is 14.9. The summed E-state index contributed by atoms with van der Waals surface area (Å²) in [6, 6.07) is 7.61. The maximum Gasteiger partial charge on any atom is 0.142 e. The van der Waals surface area contributed by atoms with Gasteiger partial charge in [-0.1, -0.05) is 82.4 Å². The normalized spacial score (nSPS) is 24.7. The zero-order valence-corrected chi connectivity index (χ0v) is 22.6. The molecule has 0 amide bonds. The Morgan fingerprint density at radius 2 is 1.25 bits per heavy atom. The van der Waals surface area contributed by atoms with Gasteiger partial charge in [0.15, 0.2) is 0 Å². The Balaban J connectivity index is 1.22. The van der Waals surface area contributed by atoms with Gasteiger partial charge >= 0.3 is 0 Å². The van der Waals surface area contributed by atoms with Crippen molar-refractivity contribution in [3.05, 3.63) is 69.5 Å². The molecule has 0 atom stereocenters. The molecule has 2 aromatic carbocycles. The summed E-state index contributed by atoms with van der Waals surface area (Å²) >= 11 is 5.73. The van der Waals surface area contributed by atoms with E-state index in [0.717, 1.165) is 36.2 Å². The summed E-state index contributed by atoms with van der Waals surface area (Å²) in [4.78, 5) is 0. The fourth-order valence-electron chi connectivity index (χ4n) is 6.62. The van der Waals surface area contributed by atoms with Crippen LogP contribution in [0.25, 0.3) is 0 Å². The molecule has 0 bridgehead atoms. The zero-order valence-electron chi connectivity index (χ0n) is 21.8. The molecule has 0 radical (unpaired) electrons. The largest absolute Gasteiger partial charge is 0.207 e. The molecule has 0 saturated heterocycles. The van der Waals surface area contributed by atoms with E-state index in [0.29, 0.717) is 12.0 Å². The quantitative estimate of drug-likeness (QED) is 0.293. The van der Waals surface area contributed by atoms with Gasteiger partial charge in [0.2, 0.25) is 0 Å². The van der Waals surface area contributed by atoms with Gasteiger partial charge in [0.25, 0.3) is 0 Å². The predicted octanol–water partition coefficient (Wildman–Crippen LogP) is 10.6. The van der Waals surface area contributed by atoms with E-state index >= 15 is 0 Å². The molecule has 2 aliphatic carbocycles. The van der Waals surface area contributed by atoms with Crippen molar-refractivity contribution < 1.29 is 13.2 Å². The second kappa shape index (κ2) is 13.4. The average Bonchev–Trinajstić information content (AvgIpc) is 2.88. The van der Waals surface area contributed by atoms with Crippen LogP contribution in [0.2, 0.25) is 5.02 Å². The third-order valence-corrected chi connectivity index (χ3v) is 9.35. The first-order valence-electron chi connectivity index (χ1n) is 14.3. The first-order chi connectivity index (χ1) is 17.4. The number of aryl methyl sites for hydroxylation is 1. The van der Waals surface area contributed by atoms with Crippen LogP contribution in [0.15, 0.2) is 30.3 Å². The Bertz CT molecular complexity index is 948. The molecule has 0 aliphatic heterocycles. The number of hydrogen-bond donors (Lipinski definition) is 0. The van der Waals surface area contributed by atoms with Crippen LogP contribution in [0.5, 0.6) is 0 Å². The van der Waals surface area contributed by atoms with Crippen LogP contribution >= 0.6 is 11.6 Å². The zero-order chi connectivity index (χ0) is 25.5. The molecule has 198 valence electrons. The van der Waals surface area contributed by atoms with Crippen molar-refractivity contribution in [2.75, 3.05) is 0 Å². The summed E-state index contributed by atoms with van der Waals surface area (Å²) < 4.78 is 43.4. The lowest BCUT2D eigenvalue weighted by molar-refractivity contribution is 0.222. The lowest BCUT2D eigenvalue weighted by atomic mass is 9.74. The molecule has 0 aromatic heterocycles. The average molecular weight is 519 g/mol. The van der Waals surface area contributed by atoms with Crippen LogP contribution in [0.4, 0.5) is 13.2 Å². The van der Waals surface area contributed by atoms with Crippen molar-refractivity contribution in [2.24, 2.45) is 17.8 Å². The number of rotatable bonds is 10. The number of unbranched alkanes of at least 4 members (excludes halogenated alkanes) is 1. The Morgan fingerprint density at radius 1 is 0.694 bits per heavy atom. The van der Waals surface area contributed by atoms with Crippen molar-refractivity contribution in [3.8, 4) is 0 Å². The SMILES string of the molecule is CCCCC1CCC(CCC2CCC(c3cc(F)c(CCc4ccc(Cl)c(F)c4)c(F)c3)CC2)CC1. The van der Waals surface area contributed by atoms with Crippen molar-refractivity contribution in [1.29, 1.82) is 0 Å². The third-order valence-electron chi connectivity index (χ3n) is 9.04. The standard InChI is InChI=1S/C32H42ClF3/c1-2-3-4-22-5-7-23(8-6-22)9-10-24-11-15-26(16-12-24)27-20-30(34)28(31(35)21-27)17-13-25-14-18-29(33)32(36)19-25/h14,18-24,26H,2-13,15-17H2,1H3. The van der Waals surface area contributed by atoms with Gasteiger partial charge in [-0.15, -0.1) is 0 Å². The summed E-state index contributed by atoms with van der Waals surface area (Å²) in [5.74, 6) is 1.46. The molecule has 2 aliphatic rings. The van der Waals surface area contributed by atoms with Crippen LogP contribution in [-0.2, 0) is 12.8 Å². The van der Waals surface area contributed by atoms with Crippen LogP contribution in [0.1, 0.15) is 113 Å². The van der Waals surface area contributed by atoms with Crippen molar-refractivity contribution in [3.63, 3.8) is 0 Å². The highest BCUT2D eigenvalue weighted by Crippen LogP contribution is 2.41. The molecule has 0 heterocycles. The number of benzene rings is 2. The fraction of sp³-hybridized carbons (Fsp3) is 0.625. The van der Waals surface area contributed by atoms with Gasteiger partial charge in [-0.05, 0) is 97.6 Å².